The van der Waals surface area contributed by atoms with Crippen LogP contribution >= 0.6 is 0 Å². The van der Waals surface area contributed by atoms with Crippen LogP contribution in [0.3, 0.4) is 0 Å². The number of hydrogen-bond acceptors (Lipinski definition) is 0. The molecule has 4 rings (SSSR count). The van der Waals surface area contributed by atoms with Gasteiger partial charge >= 0.3 is 0 Å². The first-order valence-electron chi connectivity index (χ1n) is 12.7. The van der Waals surface area contributed by atoms with Crippen LogP contribution in [0.5, 0.6) is 0 Å². The topological polar surface area (TPSA) is 0 Å². The molecule has 0 saturated heterocycles. The van der Waals surface area contributed by atoms with Crippen LogP contribution in [-0.2, 0) is 12.8 Å². The SMILES string of the molecule is CC1=CC=CCCC1(C)/C(Cc1ccc(C)cc1)=C1/C=CC=CC/C1=C\Cc1ccc(C)cc1. The first-order chi connectivity index (χ1) is 16.5. The van der Waals surface area contributed by atoms with Crippen molar-refractivity contribution in [2.45, 2.75) is 59.8 Å². The zero-order valence-corrected chi connectivity index (χ0v) is 21.3. The molecule has 0 heterocycles. The molecule has 2 aliphatic carbocycles. The number of hydrogen-bond donors (Lipinski definition) is 0. The van der Waals surface area contributed by atoms with Crippen LogP contribution < -0.4 is 0 Å². The average Bonchev–Trinajstić information content (AvgIpc) is 3.17. The van der Waals surface area contributed by atoms with E-state index in [0.29, 0.717) is 0 Å². The maximum Gasteiger partial charge on any atom is 0.0108 e. The minimum absolute atomic E-state index is 0.0291. The Balaban J connectivity index is 1.82. The summed E-state index contributed by atoms with van der Waals surface area (Å²) in [6.45, 7) is 9.10. The molecule has 174 valence electrons. The third-order valence-electron chi connectivity index (χ3n) is 7.55. The van der Waals surface area contributed by atoms with Gasteiger partial charge in [-0.15, -0.1) is 0 Å². The summed E-state index contributed by atoms with van der Waals surface area (Å²) in [5, 5.41) is 0. The highest BCUT2D eigenvalue weighted by atomic mass is 14.4. The summed E-state index contributed by atoms with van der Waals surface area (Å²) in [5.41, 5.74) is 11.3. The Morgan fingerprint density at radius 1 is 0.824 bits per heavy atom. The van der Waals surface area contributed by atoms with Gasteiger partial charge in [0.05, 0.1) is 0 Å². The third-order valence-corrected chi connectivity index (χ3v) is 7.55. The lowest BCUT2D eigenvalue weighted by molar-refractivity contribution is 0.433. The van der Waals surface area contributed by atoms with Crippen LogP contribution in [0.25, 0.3) is 0 Å². The zero-order chi connectivity index (χ0) is 24.0. The van der Waals surface area contributed by atoms with Crippen molar-refractivity contribution in [2.75, 3.05) is 0 Å². The molecule has 0 bridgehead atoms. The lowest BCUT2D eigenvalue weighted by Gasteiger charge is -2.36. The van der Waals surface area contributed by atoms with E-state index in [-0.39, 0.29) is 5.41 Å². The summed E-state index contributed by atoms with van der Waals surface area (Å²) in [6, 6.07) is 18.1. The molecule has 0 aromatic heterocycles. The van der Waals surface area contributed by atoms with Crippen molar-refractivity contribution in [3.05, 3.63) is 142 Å². The second kappa shape index (κ2) is 10.9. The molecule has 0 nitrogen and oxygen atoms in total. The molecule has 0 N–H and O–H groups in total. The van der Waals surface area contributed by atoms with Crippen LogP contribution in [-0.4, -0.2) is 0 Å². The van der Waals surface area contributed by atoms with E-state index in [1.54, 1.807) is 5.57 Å². The summed E-state index contributed by atoms with van der Waals surface area (Å²) < 4.78 is 0. The molecule has 0 fully saturated rings. The van der Waals surface area contributed by atoms with E-state index >= 15 is 0 Å². The van der Waals surface area contributed by atoms with Gasteiger partial charge in [-0.3, -0.25) is 0 Å². The van der Waals surface area contributed by atoms with Crippen molar-refractivity contribution in [1.29, 1.82) is 0 Å². The van der Waals surface area contributed by atoms with E-state index in [9.17, 15) is 0 Å². The molecule has 0 aliphatic heterocycles. The van der Waals surface area contributed by atoms with Gasteiger partial charge in [0.25, 0.3) is 0 Å². The molecule has 2 aromatic rings. The van der Waals surface area contributed by atoms with Crippen LogP contribution in [0.15, 0.2) is 119 Å². The second-order valence-electron chi connectivity index (χ2n) is 10.1. The third kappa shape index (κ3) is 5.68. The minimum Gasteiger partial charge on any atom is -0.0845 e. The van der Waals surface area contributed by atoms with Crippen molar-refractivity contribution in [3.63, 3.8) is 0 Å². The van der Waals surface area contributed by atoms with Crippen molar-refractivity contribution in [1.82, 2.24) is 0 Å². The predicted molar refractivity (Wildman–Crippen MR) is 148 cm³/mol. The standard InChI is InChI=1S/C34H38/c1-26-14-18-29(19-15-26)22-23-31-12-8-5-9-13-32(31)33(25-30-20-16-27(2)17-21-30)34(4)24-10-6-7-11-28(34)3/h5-9,11,13-21,23H,10,12,22,24-25H2,1-4H3/b31-23+,33-32-. The number of aryl methyl sites for hydroxylation is 2. The Morgan fingerprint density at radius 3 is 2.21 bits per heavy atom. The van der Waals surface area contributed by atoms with Crippen molar-refractivity contribution >= 4 is 0 Å². The zero-order valence-electron chi connectivity index (χ0n) is 21.3. The number of benzene rings is 2. The first-order valence-corrected chi connectivity index (χ1v) is 12.7. The summed E-state index contributed by atoms with van der Waals surface area (Å²) in [4.78, 5) is 0. The Kier molecular flexibility index (Phi) is 7.68. The highest BCUT2D eigenvalue weighted by Gasteiger charge is 2.33. The lowest BCUT2D eigenvalue weighted by Crippen LogP contribution is -2.24. The van der Waals surface area contributed by atoms with Gasteiger partial charge in [-0.2, -0.15) is 0 Å². The maximum absolute atomic E-state index is 2.46. The van der Waals surface area contributed by atoms with Gasteiger partial charge < -0.3 is 0 Å². The van der Waals surface area contributed by atoms with Crippen molar-refractivity contribution < 1.29 is 0 Å². The van der Waals surface area contributed by atoms with E-state index in [4.69, 9.17) is 0 Å². The summed E-state index contributed by atoms with van der Waals surface area (Å²) >= 11 is 0. The van der Waals surface area contributed by atoms with Gasteiger partial charge in [-0.1, -0.05) is 121 Å². The van der Waals surface area contributed by atoms with Crippen molar-refractivity contribution in [2.24, 2.45) is 5.41 Å². The lowest BCUT2D eigenvalue weighted by atomic mass is 9.68. The predicted octanol–water partition coefficient (Wildman–Crippen LogP) is 9.13. The molecule has 0 heteroatoms. The Morgan fingerprint density at radius 2 is 1.50 bits per heavy atom. The normalized spacial score (nSPS) is 22.9. The molecule has 2 aliphatic rings. The summed E-state index contributed by atoms with van der Waals surface area (Å²) in [6.07, 6.45) is 23.6. The molecule has 34 heavy (non-hydrogen) atoms. The van der Waals surface area contributed by atoms with Gasteiger partial charge in [0, 0.05) is 5.41 Å². The van der Waals surface area contributed by atoms with E-state index in [1.165, 1.54) is 39.0 Å². The van der Waals surface area contributed by atoms with E-state index < -0.39 is 0 Å². The molecular formula is C34H38. The fourth-order valence-electron chi connectivity index (χ4n) is 5.04. The van der Waals surface area contributed by atoms with Gasteiger partial charge in [0.15, 0.2) is 0 Å². The largest absolute Gasteiger partial charge is 0.0845 e. The molecule has 0 spiro atoms. The molecular weight excluding hydrogens is 408 g/mol. The first kappa shape index (κ1) is 24.0. The van der Waals surface area contributed by atoms with Crippen LogP contribution in [0, 0.1) is 19.3 Å². The Hall–Kier alpha value is -3.12. The summed E-state index contributed by atoms with van der Waals surface area (Å²) in [5.74, 6) is 0. The van der Waals surface area contributed by atoms with E-state index in [0.717, 1.165) is 32.1 Å². The quantitative estimate of drug-likeness (QED) is 0.429. The minimum atomic E-state index is 0.0291. The maximum atomic E-state index is 2.46. The van der Waals surface area contributed by atoms with Gasteiger partial charge in [0.1, 0.15) is 0 Å². The van der Waals surface area contributed by atoms with E-state index in [2.05, 4.69) is 125 Å². The monoisotopic (exact) mass is 446 g/mol. The van der Waals surface area contributed by atoms with Gasteiger partial charge in [-0.25, -0.2) is 0 Å². The van der Waals surface area contributed by atoms with Gasteiger partial charge in [-0.05, 0) is 80.7 Å². The number of allylic oxidation sites excluding steroid dienone is 12. The fourth-order valence-corrected chi connectivity index (χ4v) is 5.04. The molecule has 0 radical (unpaired) electrons. The molecule has 2 aromatic carbocycles. The summed E-state index contributed by atoms with van der Waals surface area (Å²) in [7, 11) is 0. The fraction of sp³-hybridized carbons (Fsp3) is 0.294. The highest BCUT2D eigenvalue weighted by Crippen LogP contribution is 2.46. The number of rotatable bonds is 5. The Bertz CT molecular complexity index is 1170. The average molecular weight is 447 g/mol. The smallest absolute Gasteiger partial charge is 0.0108 e. The Labute approximate surface area is 206 Å². The van der Waals surface area contributed by atoms with Crippen molar-refractivity contribution in [3.8, 4) is 0 Å². The highest BCUT2D eigenvalue weighted by molar-refractivity contribution is 5.53. The van der Waals surface area contributed by atoms with E-state index in [1.807, 2.05) is 0 Å². The molecule has 0 saturated carbocycles. The van der Waals surface area contributed by atoms with Crippen LogP contribution in [0.2, 0.25) is 0 Å². The molecule has 0 amide bonds. The molecule has 1 atom stereocenters. The second-order valence-corrected chi connectivity index (χ2v) is 10.1. The van der Waals surface area contributed by atoms with Crippen LogP contribution in [0.1, 0.15) is 55.4 Å². The van der Waals surface area contributed by atoms with Crippen LogP contribution in [0.4, 0.5) is 0 Å². The van der Waals surface area contributed by atoms with Gasteiger partial charge in [0.2, 0.25) is 0 Å². The molecule has 1 unspecified atom stereocenters.